The Morgan fingerprint density at radius 3 is 2.89 bits per heavy atom. The third kappa shape index (κ3) is 2.74. The summed E-state index contributed by atoms with van der Waals surface area (Å²) in [4.78, 5) is 0. The van der Waals surface area contributed by atoms with E-state index in [0.29, 0.717) is 6.04 Å². The van der Waals surface area contributed by atoms with Gasteiger partial charge in [-0.05, 0) is 44.7 Å². The van der Waals surface area contributed by atoms with E-state index in [4.69, 9.17) is 0 Å². The molecule has 3 rings (SSSR count). The topological polar surface area (TPSA) is 42.7 Å². The molecule has 0 amide bonds. The zero-order chi connectivity index (χ0) is 12.2. The summed E-state index contributed by atoms with van der Waals surface area (Å²) in [7, 11) is 0. The third-order valence-corrected chi connectivity index (χ3v) is 4.55. The number of nitrogens with zero attached hydrogens (tertiary/aromatic N) is 3. The Balaban J connectivity index is 1.59. The summed E-state index contributed by atoms with van der Waals surface area (Å²) in [6, 6.07) is 0.672. The molecule has 1 aliphatic heterocycles. The van der Waals surface area contributed by atoms with Crippen molar-refractivity contribution in [2.75, 3.05) is 13.1 Å². The van der Waals surface area contributed by atoms with Gasteiger partial charge in [-0.15, -0.1) is 10.2 Å². The zero-order valence-corrected chi connectivity index (χ0v) is 11.1. The highest BCUT2D eigenvalue weighted by Crippen LogP contribution is 2.29. The van der Waals surface area contributed by atoms with Crippen molar-refractivity contribution in [3.05, 3.63) is 12.2 Å². The summed E-state index contributed by atoms with van der Waals surface area (Å²) in [5.41, 5.74) is 0. The molecular weight excluding hydrogens is 224 g/mol. The second kappa shape index (κ2) is 5.83. The molecule has 4 heteroatoms. The minimum atomic E-state index is 0.672. The van der Waals surface area contributed by atoms with Crippen LogP contribution in [0.1, 0.15) is 56.8 Å². The molecule has 1 aromatic heterocycles. The lowest BCUT2D eigenvalue weighted by molar-refractivity contribution is 0.342. The van der Waals surface area contributed by atoms with Crippen molar-refractivity contribution < 1.29 is 0 Å². The van der Waals surface area contributed by atoms with E-state index >= 15 is 0 Å². The molecule has 18 heavy (non-hydrogen) atoms. The van der Waals surface area contributed by atoms with Gasteiger partial charge in [-0.2, -0.15) is 0 Å². The van der Waals surface area contributed by atoms with E-state index in [9.17, 15) is 0 Å². The Kier molecular flexibility index (Phi) is 3.93. The average molecular weight is 248 g/mol. The molecule has 100 valence electrons. The molecule has 1 unspecified atom stereocenters. The Bertz CT molecular complexity index is 362. The summed E-state index contributed by atoms with van der Waals surface area (Å²) in [5.74, 6) is 2.07. The van der Waals surface area contributed by atoms with Gasteiger partial charge >= 0.3 is 0 Å². The van der Waals surface area contributed by atoms with Gasteiger partial charge in [0.1, 0.15) is 12.2 Å². The van der Waals surface area contributed by atoms with E-state index < -0.39 is 0 Å². The van der Waals surface area contributed by atoms with Crippen LogP contribution in [0.3, 0.4) is 0 Å². The third-order valence-electron chi connectivity index (χ3n) is 4.55. The molecule has 0 spiro atoms. The summed E-state index contributed by atoms with van der Waals surface area (Å²) < 4.78 is 2.36. The van der Waals surface area contributed by atoms with Crippen molar-refractivity contribution in [3.63, 3.8) is 0 Å². The van der Waals surface area contributed by atoms with Crippen LogP contribution < -0.4 is 5.32 Å². The number of aryl methyl sites for hydroxylation is 1. The number of rotatable bonds is 4. The molecule has 4 nitrogen and oxygen atoms in total. The van der Waals surface area contributed by atoms with Gasteiger partial charge in [0.15, 0.2) is 0 Å². The smallest absolute Gasteiger partial charge is 0.133 e. The SMILES string of the molecule is c1nnc(CCC2CCNC2)n1C1CCCCC1. The first kappa shape index (κ1) is 12.2. The molecule has 0 radical (unpaired) electrons. The van der Waals surface area contributed by atoms with Crippen molar-refractivity contribution in [1.29, 1.82) is 0 Å². The van der Waals surface area contributed by atoms with Gasteiger partial charge < -0.3 is 9.88 Å². The van der Waals surface area contributed by atoms with Crippen LogP contribution in [0.4, 0.5) is 0 Å². The van der Waals surface area contributed by atoms with E-state index in [0.717, 1.165) is 12.3 Å². The zero-order valence-electron chi connectivity index (χ0n) is 11.1. The van der Waals surface area contributed by atoms with E-state index in [1.54, 1.807) is 0 Å². The van der Waals surface area contributed by atoms with Gasteiger partial charge in [0.2, 0.25) is 0 Å². The van der Waals surface area contributed by atoms with Crippen molar-refractivity contribution >= 4 is 0 Å². The van der Waals surface area contributed by atoms with E-state index in [2.05, 4.69) is 20.1 Å². The normalized spacial score (nSPS) is 25.7. The monoisotopic (exact) mass is 248 g/mol. The highest BCUT2D eigenvalue weighted by atomic mass is 15.3. The lowest BCUT2D eigenvalue weighted by Crippen LogP contribution is -2.16. The quantitative estimate of drug-likeness (QED) is 0.889. The maximum atomic E-state index is 4.34. The predicted octanol–water partition coefficient (Wildman–Crippen LogP) is 2.33. The van der Waals surface area contributed by atoms with Crippen LogP contribution in [0.5, 0.6) is 0 Å². The molecule has 1 aromatic rings. The van der Waals surface area contributed by atoms with Gasteiger partial charge in [-0.3, -0.25) is 0 Å². The van der Waals surface area contributed by atoms with Crippen LogP contribution in [0.25, 0.3) is 0 Å². The van der Waals surface area contributed by atoms with Crippen LogP contribution in [-0.2, 0) is 6.42 Å². The second-order valence-electron chi connectivity index (χ2n) is 5.84. The van der Waals surface area contributed by atoms with Crippen LogP contribution >= 0.6 is 0 Å². The van der Waals surface area contributed by atoms with Crippen molar-refractivity contribution in [2.24, 2.45) is 5.92 Å². The summed E-state index contributed by atoms with van der Waals surface area (Å²) in [6.45, 7) is 2.39. The van der Waals surface area contributed by atoms with Gasteiger partial charge in [-0.1, -0.05) is 19.3 Å². The molecule has 1 atom stereocenters. The highest BCUT2D eigenvalue weighted by Gasteiger charge is 2.20. The Labute approximate surface area is 109 Å². The Hall–Kier alpha value is -0.900. The number of nitrogens with one attached hydrogen (secondary N) is 1. The fourth-order valence-corrected chi connectivity index (χ4v) is 3.40. The molecule has 2 fully saturated rings. The van der Waals surface area contributed by atoms with Crippen LogP contribution in [0.15, 0.2) is 6.33 Å². The first-order valence-electron chi connectivity index (χ1n) is 7.52. The van der Waals surface area contributed by atoms with Crippen LogP contribution in [0, 0.1) is 5.92 Å². The summed E-state index contributed by atoms with van der Waals surface area (Å²) in [5, 5.41) is 11.9. The Morgan fingerprint density at radius 2 is 2.11 bits per heavy atom. The fourth-order valence-electron chi connectivity index (χ4n) is 3.40. The molecular formula is C14H24N4. The molecule has 2 heterocycles. The number of aromatic nitrogens is 3. The largest absolute Gasteiger partial charge is 0.316 e. The van der Waals surface area contributed by atoms with Gasteiger partial charge in [0.25, 0.3) is 0 Å². The molecule has 1 saturated carbocycles. The molecule has 2 aliphatic rings. The van der Waals surface area contributed by atoms with Crippen LogP contribution in [0.2, 0.25) is 0 Å². The molecule has 1 aliphatic carbocycles. The Morgan fingerprint density at radius 1 is 1.22 bits per heavy atom. The number of hydrogen-bond acceptors (Lipinski definition) is 3. The van der Waals surface area contributed by atoms with Gasteiger partial charge in [-0.25, -0.2) is 0 Å². The fraction of sp³-hybridized carbons (Fsp3) is 0.857. The van der Waals surface area contributed by atoms with E-state index in [1.165, 1.54) is 63.9 Å². The average Bonchev–Trinajstić information content (AvgIpc) is 3.09. The molecule has 0 aromatic carbocycles. The maximum absolute atomic E-state index is 4.34. The maximum Gasteiger partial charge on any atom is 0.133 e. The van der Waals surface area contributed by atoms with Gasteiger partial charge in [0, 0.05) is 12.5 Å². The van der Waals surface area contributed by atoms with Crippen molar-refractivity contribution in [3.8, 4) is 0 Å². The standard InChI is InChI=1S/C14H24N4/c1-2-4-13(5-3-1)18-11-16-17-14(18)7-6-12-8-9-15-10-12/h11-13,15H,1-10H2. The first-order chi connectivity index (χ1) is 8.93. The predicted molar refractivity (Wildman–Crippen MR) is 71.4 cm³/mol. The second-order valence-corrected chi connectivity index (χ2v) is 5.84. The molecule has 0 bridgehead atoms. The minimum absolute atomic E-state index is 0.672. The van der Waals surface area contributed by atoms with Gasteiger partial charge in [0.05, 0.1) is 0 Å². The number of hydrogen-bond donors (Lipinski definition) is 1. The first-order valence-corrected chi connectivity index (χ1v) is 7.52. The molecule has 1 N–H and O–H groups in total. The lowest BCUT2D eigenvalue weighted by Gasteiger charge is -2.24. The lowest BCUT2D eigenvalue weighted by atomic mass is 9.95. The summed E-state index contributed by atoms with van der Waals surface area (Å²) in [6.07, 6.45) is 12.4. The highest BCUT2D eigenvalue weighted by molar-refractivity contribution is 4.92. The summed E-state index contributed by atoms with van der Waals surface area (Å²) >= 11 is 0. The molecule has 1 saturated heterocycles. The van der Waals surface area contributed by atoms with Crippen LogP contribution in [-0.4, -0.2) is 27.9 Å². The van der Waals surface area contributed by atoms with Crippen molar-refractivity contribution in [2.45, 2.75) is 57.4 Å². The van der Waals surface area contributed by atoms with E-state index in [-0.39, 0.29) is 0 Å². The minimum Gasteiger partial charge on any atom is -0.316 e. The van der Waals surface area contributed by atoms with Crippen molar-refractivity contribution in [1.82, 2.24) is 20.1 Å². The van der Waals surface area contributed by atoms with E-state index in [1.807, 2.05) is 6.33 Å².